The largest absolute Gasteiger partial charge is 0.493 e. The van der Waals surface area contributed by atoms with E-state index in [2.05, 4.69) is 5.32 Å². The molecule has 0 bridgehead atoms. The van der Waals surface area contributed by atoms with Crippen LogP contribution in [-0.2, 0) is 16.2 Å². The highest BCUT2D eigenvalue weighted by atomic mass is 16.5. The van der Waals surface area contributed by atoms with E-state index < -0.39 is 5.92 Å². The lowest BCUT2D eigenvalue weighted by Gasteiger charge is -2.17. The van der Waals surface area contributed by atoms with Crippen molar-refractivity contribution in [2.75, 3.05) is 31.0 Å². The van der Waals surface area contributed by atoms with Gasteiger partial charge in [-0.15, -0.1) is 0 Å². The molecule has 0 aliphatic carbocycles. The summed E-state index contributed by atoms with van der Waals surface area (Å²) in [7, 11) is 3.07. The molecular formula is C26H26N2O5. The van der Waals surface area contributed by atoms with E-state index in [-0.39, 0.29) is 11.8 Å². The molecular weight excluding hydrogens is 420 g/mol. The van der Waals surface area contributed by atoms with Crippen molar-refractivity contribution < 1.29 is 23.8 Å². The molecule has 0 aromatic heterocycles. The highest BCUT2D eigenvalue weighted by Gasteiger charge is 2.37. The summed E-state index contributed by atoms with van der Waals surface area (Å²) in [5.41, 5.74) is 2.37. The number of methoxy groups -OCH3 is 2. The van der Waals surface area contributed by atoms with E-state index in [1.165, 1.54) is 7.11 Å². The Labute approximate surface area is 192 Å². The maximum atomic E-state index is 12.9. The van der Waals surface area contributed by atoms with Gasteiger partial charge in [-0.05, 0) is 48.4 Å². The second-order valence-corrected chi connectivity index (χ2v) is 7.66. The van der Waals surface area contributed by atoms with Gasteiger partial charge in [0, 0.05) is 24.0 Å². The Balaban J connectivity index is 1.36. The van der Waals surface area contributed by atoms with E-state index in [4.69, 9.17) is 14.2 Å². The molecule has 1 atom stereocenters. The van der Waals surface area contributed by atoms with Crippen LogP contribution < -0.4 is 24.4 Å². The topological polar surface area (TPSA) is 77.1 Å². The molecule has 1 saturated heterocycles. The normalized spacial score (nSPS) is 15.3. The third-order valence-electron chi connectivity index (χ3n) is 5.57. The number of anilines is 2. The van der Waals surface area contributed by atoms with Crippen molar-refractivity contribution >= 4 is 23.2 Å². The number of ether oxygens (including phenoxy) is 3. The summed E-state index contributed by atoms with van der Waals surface area (Å²) >= 11 is 0. The van der Waals surface area contributed by atoms with Gasteiger partial charge in [0.1, 0.15) is 18.3 Å². The molecule has 0 spiro atoms. The summed E-state index contributed by atoms with van der Waals surface area (Å²) in [6, 6.07) is 22.4. The van der Waals surface area contributed by atoms with Crippen LogP contribution in [0, 0.1) is 5.92 Å². The van der Waals surface area contributed by atoms with Crippen molar-refractivity contribution in [3.63, 3.8) is 0 Å². The van der Waals surface area contributed by atoms with E-state index in [1.54, 1.807) is 30.2 Å². The molecule has 4 rings (SSSR count). The predicted molar refractivity (Wildman–Crippen MR) is 126 cm³/mol. The predicted octanol–water partition coefficient (Wildman–Crippen LogP) is 4.27. The van der Waals surface area contributed by atoms with Gasteiger partial charge >= 0.3 is 0 Å². The summed E-state index contributed by atoms with van der Waals surface area (Å²) in [6.07, 6.45) is 0.449. The number of nitrogens with zero attached hydrogens (tertiary/aromatic N) is 1. The third kappa shape index (κ3) is 5.09. The maximum Gasteiger partial charge on any atom is 0.239 e. The number of hydrogen-bond acceptors (Lipinski definition) is 5. The second-order valence-electron chi connectivity index (χ2n) is 7.66. The highest BCUT2D eigenvalue weighted by molar-refractivity contribution is 6.13. The van der Waals surface area contributed by atoms with Gasteiger partial charge in [0.2, 0.25) is 11.8 Å². The van der Waals surface area contributed by atoms with E-state index in [0.29, 0.717) is 36.8 Å². The molecule has 7 heteroatoms. The number of nitrogens with one attached hydrogen (secondary N) is 1. The van der Waals surface area contributed by atoms with Gasteiger partial charge in [-0.3, -0.25) is 9.59 Å². The summed E-state index contributed by atoms with van der Waals surface area (Å²) in [4.78, 5) is 27.4. The molecule has 1 fully saturated rings. The number of hydrogen-bond donors (Lipinski definition) is 1. The molecule has 7 nitrogen and oxygen atoms in total. The van der Waals surface area contributed by atoms with Crippen molar-refractivity contribution in [2.24, 2.45) is 5.92 Å². The second kappa shape index (κ2) is 10.1. The van der Waals surface area contributed by atoms with E-state index >= 15 is 0 Å². The van der Waals surface area contributed by atoms with Gasteiger partial charge in [-0.1, -0.05) is 30.3 Å². The monoisotopic (exact) mass is 446 g/mol. The average molecular weight is 447 g/mol. The molecule has 1 heterocycles. The van der Waals surface area contributed by atoms with Crippen LogP contribution >= 0.6 is 0 Å². The van der Waals surface area contributed by atoms with Crippen molar-refractivity contribution in [1.29, 1.82) is 0 Å². The molecule has 3 aromatic rings. The molecule has 2 amide bonds. The number of carbonyl (C=O) groups is 2. The molecule has 3 aromatic carbocycles. The molecule has 1 aliphatic rings. The molecule has 0 saturated carbocycles. The maximum absolute atomic E-state index is 12.9. The zero-order chi connectivity index (χ0) is 23.2. The van der Waals surface area contributed by atoms with Crippen LogP contribution in [0.4, 0.5) is 11.4 Å². The lowest BCUT2D eigenvalue weighted by Crippen LogP contribution is -2.33. The third-order valence-corrected chi connectivity index (χ3v) is 5.57. The zero-order valence-corrected chi connectivity index (χ0v) is 18.6. The molecule has 170 valence electrons. The first-order valence-corrected chi connectivity index (χ1v) is 10.7. The highest BCUT2D eigenvalue weighted by Crippen LogP contribution is 2.31. The number of rotatable bonds is 8. The van der Waals surface area contributed by atoms with Gasteiger partial charge in [-0.2, -0.15) is 0 Å². The SMILES string of the molecule is COc1ccc(NC(=O)[C@@H]2CCN(c3ccc(OCc4ccccc4)cc3)C2=O)cc1OC. The Hall–Kier alpha value is -4.00. The Bertz CT molecular complexity index is 1120. The first kappa shape index (κ1) is 22.2. The minimum atomic E-state index is -0.743. The molecule has 33 heavy (non-hydrogen) atoms. The van der Waals surface area contributed by atoms with Crippen LogP contribution in [0.1, 0.15) is 12.0 Å². The van der Waals surface area contributed by atoms with Gasteiger partial charge in [0.05, 0.1) is 14.2 Å². The van der Waals surface area contributed by atoms with Crippen LogP contribution in [0.25, 0.3) is 0 Å². The van der Waals surface area contributed by atoms with Crippen LogP contribution in [0.5, 0.6) is 17.2 Å². The number of amides is 2. The molecule has 0 unspecified atom stereocenters. The Morgan fingerprint density at radius 2 is 1.70 bits per heavy atom. The number of benzene rings is 3. The molecule has 1 N–H and O–H groups in total. The van der Waals surface area contributed by atoms with Gasteiger partial charge in [0.15, 0.2) is 11.5 Å². The van der Waals surface area contributed by atoms with E-state index in [1.807, 2.05) is 54.6 Å². The summed E-state index contributed by atoms with van der Waals surface area (Å²) in [5.74, 6) is 0.492. The summed E-state index contributed by atoms with van der Waals surface area (Å²) < 4.78 is 16.3. The first-order valence-electron chi connectivity index (χ1n) is 10.7. The fraction of sp³-hybridized carbons (Fsp3) is 0.231. The van der Waals surface area contributed by atoms with Crippen molar-refractivity contribution in [1.82, 2.24) is 0 Å². The molecule has 0 radical (unpaired) electrons. The fourth-order valence-corrected chi connectivity index (χ4v) is 3.79. The van der Waals surface area contributed by atoms with Gasteiger partial charge < -0.3 is 24.4 Å². The number of carbonyl (C=O) groups excluding carboxylic acids is 2. The smallest absolute Gasteiger partial charge is 0.239 e. The minimum Gasteiger partial charge on any atom is -0.493 e. The van der Waals surface area contributed by atoms with Gasteiger partial charge in [0.25, 0.3) is 0 Å². The van der Waals surface area contributed by atoms with Crippen molar-refractivity contribution in [2.45, 2.75) is 13.0 Å². The van der Waals surface area contributed by atoms with Crippen LogP contribution in [-0.4, -0.2) is 32.6 Å². The van der Waals surface area contributed by atoms with Crippen LogP contribution in [0.15, 0.2) is 72.8 Å². The Morgan fingerprint density at radius 1 is 0.970 bits per heavy atom. The lowest BCUT2D eigenvalue weighted by atomic mass is 10.1. The first-order chi connectivity index (χ1) is 16.1. The van der Waals surface area contributed by atoms with Crippen LogP contribution in [0.3, 0.4) is 0 Å². The van der Waals surface area contributed by atoms with Crippen LogP contribution in [0.2, 0.25) is 0 Å². The Kier molecular flexibility index (Phi) is 6.78. The zero-order valence-electron chi connectivity index (χ0n) is 18.6. The average Bonchev–Trinajstić information content (AvgIpc) is 3.25. The quantitative estimate of drug-likeness (QED) is 0.523. The van der Waals surface area contributed by atoms with E-state index in [0.717, 1.165) is 17.0 Å². The summed E-state index contributed by atoms with van der Waals surface area (Å²) in [6.45, 7) is 0.953. The molecule has 1 aliphatic heterocycles. The van der Waals surface area contributed by atoms with E-state index in [9.17, 15) is 9.59 Å². The van der Waals surface area contributed by atoms with Crippen molar-refractivity contribution in [3.8, 4) is 17.2 Å². The Morgan fingerprint density at radius 3 is 2.39 bits per heavy atom. The minimum absolute atomic E-state index is 0.217. The van der Waals surface area contributed by atoms with Gasteiger partial charge in [-0.25, -0.2) is 0 Å². The fourth-order valence-electron chi connectivity index (χ4n) is 3.79. The summed E-state index contributed by atoms with van der Waals surface area (Å²) in [5, 5.41) is 2.81. The van der Waals surface area contributed by atoms with Crippen molar-refractivity contribution in [3.05, 3.63) is 78.4 Å². The lowest BCUT2D eigenvalue weighted by molar-refractivity contribution is -0.129. The standard InChI is InChI=1S/C26H26N2O5/c1-31-23-13-8-19(16-24(23)32-2)27-25(29)22-14-15-28(26(22)30)20-9-11-21(12-10-20)33-17-18-6-4-3-5-7-18/h3-13,16,22H,14-15,17H2,1-2H3,(H,27,29)/t22-/m0/s1.